The molecular weight excluding hydrogens is 294 g/mol. The van der Waals surface area contributed by atoms with Gasteiger partial charge in [-0.05, 0) is 56.4 Å². The van der Waals surface area contributed by atoms with Crippen molar-refractivity contribution in [2.24, 2.45) is 0 Å². The molecule has 0 atom stereocenters. The minimum absolute atomic E-state index is 0.179. The lowest BCUT2D eigenvalue weighted by Crippen LogP contribution is -2.25. The van der Waals surface area contributed by atoms with Crippen LogP contribution in [-0.4, -0.2) is 38.3 Å². The van der Waals surface area contributed by atoms with Crippen LogP contribution >= 0.6 is 0 Å². The Bertz CT molecular complexity index is 576. The highest BCUT2D eigenvalue weighted by Crippen LogP contribution is 2.33. The molecule has 0 saturated heterocycles. The molecule has 1 amide bonds. The maximum absolute atomic E-state index is 12.0. The van der Waals surface area contributed by atoms with Gasteiger partial charge in [0.05, 0.1) is 20.3 Å². The minimum atomic E-state index is -0.179. The van der Waals surface area contributed by atoms with E-state index in [1.54, 1.807) is 21.1 Å². The van der Waals surface area contributed by atoms with E-state index >= 15 is 0 Å². The maximum atomic E-state index is 12.0. The second-order valence-electron chi connectivity index (χ2n) is 5.75. The van der Waals surface area contributed by atoms with Crippen molar-refractivity contribution >= 4 is 12.0 Å². The Labute approximate surface area is 137 Å². The average molecular weight is 319 g/mol. The van der Waals surface area contributed by atoms with Gasteiger partial charge >= 0.3 is 0 Å². The first-order valence-corrected chi connectivity index (χ1v) is 7.90. The molecule has 0 bridgehead atoms. The summed E-state index contributed by atoms with van der Waals surface area (Å²) in [6.45, 7) is 1.76. The second kappa shape index (κ2) is 8.02. The normalized spacial score (nSPS) is 15.6. The lowest BCUT2D eigenvalue weighted by atomic mass is 10.1. The molecule has 1 aromatic rings. The molecule has 1 aromatic carbocycles. The summed E-state index contributed by atoms with van der Waals surface area (Å²) in [6.07, 6.45) is 6.66. The van der Waals surface area contributed by atoms with Crippen molar-refractivity contribution in [3.8, 4) is 11.5 Å². The third-order valence-corrected chi connectivity index (χ3v) is 4.06. The van der Waals surface area contributed by atoms with Crippen LogP contribution in [0.5, 0.6) is 11.5 Å². The summed E-state index contributed by atoms with van der Waals surface area (Å²) >= 11 is 0. The molecule has 0 unspecified atom stereocenters. The number of carbonyl (C=O) groups is 1. The van der Waals surface area contributed by atoms with Crippen molar-refractivity contribution in [3.63, 3.8) is 0 Å². The van der Waals surface area contributed by atoms with E-state index in [2.05, 4.69) is 0 Å². The van der Waals surface area contributed by atoms with Crippen molar-refractivity contribution in [1.29, 1.82) is 0 Å². The molecule has 1 aliphatic carbocycles. The van der Waals surface area contributed by atoms with E-state index in [4.69, 9.17) is 14.3 Å². The number of amides is 1. The average Bonchev–Trinajstić information content (AvgIpc) is 3.06. The summed E-state index contributed by atoms with van der Waals surface area (Å²) in [5.41, 5.74) is 1.49. The molecule has 0 heterocycles. The smallest absolute Gasteiger partial charge is 0.272 e. The van der Waals surface area contributed by atoms with Crippen molar-refractivity contribution in [2.75, 3.05) is 21.3 Å². The van der Waals surface area contributed by atoms with Gasteiger partial charge in [0.25, 0.3) is 5.91 Å². The molecular formula is C18H25NO4. The van der Waals surface area contributed by atoms with E-state index in [0.29, 0.717) is 11.3 Å². The third kappa shape index (κ3) is 4.48. The Morgan fingerprint density at radius 2 is 1.91 bits per heavy atom. The first-order chi connectivity index (χ1) is 11.0. The molecule has 5 heteroatoms. The highest BCUT2D eigenvalue weighted by Gasteiger charge is 2.18. The van der Waals surface area contributed by atoms with Gasteiger partial charge in [-0.1, -0.05) is 6.07 Å². The zero-order valence-electron chi connectivity index (χ0n) is 14.3. The number of rotatable bonds is 6. The van der Waals surface area contributed by atoms with Crippen LogP contribution < -0.4 is 9.47 Å². The molecule has 126 valence electrons. The lowest BCUT2D eigenvalue weighted by molar-refractivity contribution is -0.163. The molecule has 1 aliphatic rings. The van der Waals surface area contributed by atoms with Crippen LogP contribution in [0.3, 0.4) is 0 Å². The fourth-order valence-corrected chi connectivity index (χ4v) is 2.70. The van der Waals surface area contributed by atoms with Crippen molar-refractivity contribution in [3.05, 3.63) is 29.3 Å². The highest BCUT2D eigenvalue weighted by molar-refractivity contribution is 5.96. The largest absolute Gasteiger partial charge is 0.493 e. The molecule has 0 spiro atoms. The van der Waals surface area contributed by atoms with Gasteiger partial charge in [0.15, 0.2) is 11.5 Å². The topological polar surface area (TPSA) is 48.0 Å². The summed E-state index contributed by atoms with van der Waals surface area (Å²) in [5.74, 6) is 1.27. The first-order valence-electron chi connectivity index (χ1n) is 7.90. The van der Waals surface area contributed by atoms with Gasteiger partial charge in [0.1, 0.15) is 0 Å². The Morgan fingerprint density at radius 3 is 2.52 bits per heavy atom. The summed E-state index contributed by atoms with van der Waals surface area (Å²) < 4.78 is 11.5. The summed E-state index contributed by atoms with van der Waals surface area (Å²) in [5, 5.41) is 1.20. The van der Waals surface area contributed by atoms with Crippen molar-refractivity contribution in [2.45, 2.75) is 38.7 Å². The molecule has 23 heavy (non-hydrogen) atoms. The number of nitrogens with zero attached hydrogens (tertiary/aromatic N) is 1. The molecule has 0 aromatic heterocycles. The quantitative estimate of drug-likeness (QED) is 0.595. The number of likely N-dealkylation sites (N-methyl/N-ethyl adjacent to an activating group) is 1. The van der Waals surface area contributed by atoms with Crippen LogP contribution in [0, 0.1) is 0 Å². The standard InChI is InChI=1S/C18H25NO4/c1-13(18(20)19(2)22-4)11-14-9-10-16(21-3)17(12-14)23-15-7-5-6-8-15/h9-12,15H,5-8H2,1-4H3/b13-11+. The Morgan fingerprint density at radius 1 is 1.22 bits per heavy atom. The number of hydrogen-bond donors (Lipinski definition) is 0. The lowest BCUT2D eigenvalue weighted by Gasteiger charge is -2.17. The van der Waals surface area contributed by atoms with Crippen LogP contribution in [0.4, 0.5) is 0 Å². The van der Waals surface area contributed by atoms with E-state index in [1.807, 2.05) is 24.3 Å². The zero-order valence-corrected chi connectivity index (χ0v) is 14.3. The van der Waals surface area contributed by atoms with Gasteiger partial charge in [-0.25, -0.2) is 5.06 Å². The van der Waals surface area contributed by atoms with Gasteiger partial charge in [0, 0.05) is 12.6 Å². The van der Waals surface area contributed by atoms with E-state index in [-0.39, 0.29) is 12.0 Å². The van der Waals surface area contributed by atoms with Gasteiger partial charge < -0.3 is 9.47 Å². The molecule has 0 radical (unpaired) electrons. The van der Waals surface area contributed by atoms with Crippen molar-refractivity contribution < 1.29 is 19.1 Å². The summed E-state index contributed by atoms with van der Waals surface area (Å²) in [6, 6.07) is 5.69. The Hall–Kier alpha value is -2.01. The number of ether oxygens (including phenoxy) is 2. The van der Waals surface area contributed by atoms with E-state index in [9.17, 15) is 4.79 Å². The number of methoxy groups -OCH3 is 1. The van der Waals surface area contributed by atoms with Crippen molar-refractivity contribution in [1.82, 2.24) is 5.06 Å². The van der Waals surface area contributed by atoms with Gasteiger partial charge in [-0.2, -0.15) is 0 Å². The Balaban J connectivity index is 2.20. The fourth-order valence-electron chi connectivity index (χ4n) is 2.70. The molecule has 1 saturated carbocycles. The number of hydroxylamine groups is 2. The van der Waals surface area contributed by atoms with Gasteiger partial charge in [0.2, 0.25) is 0 Å². The predicted molar refractivity (Wildman–Crippen MR) is 89.3 cm³/mol. The monoisotopic (exact) mass is 319 g/mol. The number of hydrogen-bond acceptors (Lipinski definition) is 4. The molecule has 0 aliphatic heterocycles. The van der Waals surface area contributed by atoms with E-state index in [0.717, 1.165) is 24.2 Å². The third-order valence-electron chi connectivity index (χ3n) is 4.06. The van der Waals surface area contributed by atoms with Crippen LogP contribution in [0.1, 0.15) is 38.2 Å². The Kier molecular flexibility index (Phi) is 6.04. The predicted octanol–water partition coefficient (Wildman–Crippen LogP) is 3.44. The SMILES string of the molecule is COc1ccc(/C=C(\C)C(=O)N(C)OC)cc1OC1CCCC1. The fraction of sp³-hybridized carbons (Fsp3) is 0.500. The molecule has 1 fully saturated rings. The molecule has 2 rings (SSSR count). The van der Waals surface area contributed by atoms with Crippen LogP contribution in [0.25, 0.3) is 6.08 Å². The van der Waals surface area contributed by atoms with Crippen LogP contribution in [0.2, 0.25) is 0 Å². The van der Waals surface area contributed by atoms with Gasteiger partial charge in [-0.3, -0.25) is 9.63 Å². The molecule has 5 nitrogen and oxygen atoms in total. The second-order valence-corrected chi connectivity index (χ2v) is 5.75. The zero-order chi connectivity index (χ0) is 16.8. The van der Waals surface area contributed by atoms with Crippen LogP contribution in [-0.2, 0) is 9.63 Å². The minimum Gasteiger partial charge on any atom is -0.493 e. The number of carbonyl (C=O) groups excluding carboxylic acids is 1. The van der Waals surface area contributed by atoms with E-state index < -0.39 is 0 Å². The summed E-state index contributed by atoms with van der Waals surface area (Å²) in [7, 11) is 4.68. The van der Waals surface area contributed by atoms with E-state index in [1.165, 1.54) is 25.0 Å². The highest BCUT2D eigenvalue weighted by atomic mass is 16.7. The van der Waals surface area contributed by atoms with Crippen LogP contribution in [0.15, 0.2) is 23.8 Å². The van der Waals surface area contributed by atoms with Gasteiger partial charge in [-0.15, -0.1) is 0 Å². The summed E-state index contributed by atoms with van der Waals surface area (Å²) in [4.78, 5) is 17.0. The molecule has 0 N–H and O–H groups in total. The number of benzene rings is 1. The maximum Gasteiger partial charge on any atom is 0.272 e. The first kappa shape index (κ1) is 17.3.